The number of rotatable bonds is 7. The lowest BCUT2D eigenvalue weighted by molar-refractivity contribution is 0.203. The van der Waals surface area contributed by atoms with Gasteiger partial charge in [-0.3, -0.25) is 4.99 Å². The van der Waals surface area contributed by atoms with E-state index in [2.05, 4.69) is 15.6 Å². The normalized spacial score (nSPS) is 17.8. The number of hydrogen-bond acceptors (Lipinski definition) is 2. The molecule has 1 aliphatic carbocycles. The van der Waals surface area contributed by atoms with Gasteiger partial charge in [0, 0.05) is 27.2 Å². The minimum Gasteiger partial charge on any atom is -0.383 e. The van der Waals surface area contributed by atoms with Crippen LogP contribution in [-0.4, -0.2) is 39.8 Å². The van der Waals surface area contributed by atoms with E-state index in [1.807, 2.05) is 7.05 Å². The van der Waals surface area contributed by atoms with Gasteiger partial charge in [-0.25, -0.2) is 0 Å². The van der Waals surface area contributed by atoms with Crippen LogP contribution in [0, 0.1) is 5.92 Å². The molecule has 2 N–H and O–H groups in total. The molecule has 0 atom stereocenters. The molecule has 0 unspecified atom stereocenters. The van der Waals surface area contributed by atoms with Crippen LogP contribution in [0.4, 0.5) is 0 Å². The van der Waals surface area contributed by atoms with E-state index in [0.29, 0.717) is 6.61 Å². The van der Waals surface area contributed by atoms with Crippen LogP contribution in [0.25, 0.3) is 0 Å². The van der Waals surface area contributed by atoms with Gasteiger partial charge in [0.05, 0.1) is 6.61 Å². The Hall–Kier alpha value is -0.770. The lowest BCUT2D eigenvalue weighted by Crippen LogP contribution is -2.39. The predicted octanol–water partition coefficient (Wildman–Crippen LogP) is 2.16. The molecule has 1 aliphatic rings. The third-order valence-electron chi connectivity index (χ3n) is 3.63. The summed E-state index contributed by atoms with van der Waals surface area (Å²) in [5.41, 5.74) is 0. The highest BCUT2D eigenvalue weighted by Gasteiger charge is 2.12. The molecule has 0 saturated heterocycles. The maximum Gasteiger partial charge on any atom is 0.191 e. The van der Waals surface area contributed by atoms with Crippen molar-refractivity contribution in [1.29, 1.82) is 0 Å². The zero-order valence-electron chi connectivity index (χ0n) is 12.0. The number of aliphatic imine (C=N–C) groups is 1. The zero-order chi connectivity index (χ0) is 13.1. The van der Waals surface area contributed by atoms with E-state index in [9.17, 15) is 0 Å². The molecular formula is C14H29N3O. The molecule has 18 heavy (non-hydrogen) atoms. The number of ether oxygens (including phenoxy) is 1. The van der Waals surface area contributed by atoms with Crippen LogP contribution in [0.1, 0.15) is 44.9 Å². The second kappa shape index (κ2) is 10.2. The van der Waals surface area contributed by atoms with Crippen molar-refractivity contribution >= 4 is 5.96 Å². The number of guanidine groups is 1. The van der Waals surface area contributed by atoms with Gasteiger partial charge in [0.25, 0.3) is 0 Å². The molecule has 0 radical (unpaired) electrons. The van der Waals surface area contributed by atoms with Gasteiger partial charge in [0.15, 0.2) is 5.96 Å². The smallest absolute Gasteiger partial charge is 0.191 e. The Kier molecular flexibility index (Phi) is 8.65. The van der Waals surface area contributed by atoms with Crippen molar-refractivity contribution in [3.05, 3.63) is 0 Å². The third-order valence-corrected chi connectivity index (χ3v) is 3.63. The second-order valence-electron chi connectivity index (χ2n) is 5.06. The van der Waals surface area contributed by atoms with Crippen molar-refractivity contribution in [2.75, 3.05) is 33.9 Å². The highest BCUT2D eigenvalue weighted by molar-refractivity contribution is 5.79. The van der Waals surface area contributed by atoms with Crippen LogP contribution in [-0.2, 0) is 4.74 Å². The van der Waals surface area contributed by atoms with Gasteiger partial charge < -0.3 is 15.4 Å². The van der Waals surface area contributed by atoms with Gasteiger partial charge in [-0.1, -0.05) is 32.1 Å². The summed E-state index contributed by atoms with van der Waals surface area (Å²) in [6.45, 7) is 2.53. The Morgan fingerprint density at radius 3 is 2.56 bits per heavy atom. The molecular weight excluding hydrogens is 226 g/mol. The van der Waals surface area contributed by atoms with Crippen molar-refractivity contribution in [2.45, 2.75) is 44.9 Å². The van der Waals surface area contributed by atoms with E-state index >= 15 is 0 Å². The Morgan fingerprint density at radius 1 is 1.17 bits per heavy atom. The van der Waals surface area contributed by atoms with E-state index in [-0.39, 0.29) is 0 Å². The summed E-state index contributed by atoms with van der Waals surface area (Å²) in [6, 6.07) is 0. The average molecular weight is 255 g/mol. The van der Waals surface area contributed by atoms with Gasteiger partial charge in [-0.05, 0) is 18.8 Å². The highest BCUT2D eigenvalue weighted by atomic mass is 16.5. The van der Waals surface area contributed by atoms with Crippen LogP contribution in [0.2, 0.25) is 0 Å². The molecule has 1 rings (SSSR count). The first-order chi connectivity index (χ1) is 8.86. The van der Waals surface area contributed by atoms with Crippen molar-refractivity contribution in [3.63, 3.8) is 0 Å². The van der Waals surface area contributed by atoms with E-state index in [1.54, 1.807) is 7.11 Å². The number of nitrogens with one attached hydrogen (secondary N) is 2. The lowest BCUT2D eigenvalue weighted by atomic mass is 9.86. The molecule has 1 saturated carbocycles. The average Bonchev–Trinajstić information content (AvgIpc) is 2.43. The second-order valence-corrected chi connectivity index (χ2v) is 5.06. The third kappa shape index (κ3) is 6.84. The Labute approximate surface area is 112 Å². The maximum absolute atomic E-state index is 5.00. The van der Waals surface area contributed by atoms with Crippen molar-refractivity contribution in [3.8, 4) is 0 Å². The van der Waals surface area contributed by atoms with Crippen LogP contribution in [0.3, 0.4) is 0 Å². The summed E-state index contributed by atoms with van der Waals surface area (Å²) >= 11 is 0. The quantitative estimate of drug-likeness (QED) is 0.416. The van der Waals surface area contributed by atoms with E-state index in [1.165, 1.54) is 44.9 Å². The summed E-state index contributed by atoms with van der Waals surface area (Å²) in [7, 11) is 3.52. The molecule has 0 aromatic rings. The maximum atomic E-state index is 5.00. The first kappa shape index (κ1) is 15.3. The molecule has 0 amide bonds. The van der Waals surface area contributed by atoms with Crippen molar-refractivity contribution in [2.24, 2.45) is 10.9 Å². The molecule has 0 aromatic carbocycles. The van der Waals surface area contributed by atoms with Crippen LogP contribution in [0.15, 0.2) is 4.99 Å². The minimum absolute atomic E-state index is 0.711. The summed E-state index contributed by atoms with van der Waals surface area (Å²) in [6.07, 6.45) is 9.83. The molecule has 106 valence electrons. The summed E-state index contributed by atoms with van der Waals surface area (Å²) in [5, 5.41) is 6.57. The monoisotopic (exact) mass is 255 g/mol. The predicted molar refractivity (Wildman–Crippen MR) is 77.0 cm³/mol. The Morgan fingerprint density at radius 2 is 1.89 bits per heavy atom. The van der Waals surface area contributed by atoms with Crippen LogP contribution in [0.5, 0.6) is 0 Å². The first-order valence-electron chi connectivity index (χ1n) is 7.30. The topological polar surface area (TPSA) is 45.7 Å². The number of hydrogen-bond donors (Lipinski definition) is 2. The molecule has 0 bridgehead atoms. The molecule has 0 spiro atoms. The number of nitrogens with zero attached hydrogens (tertiary/aromatic N) is 1. The standard InChI is InChI=1S/C14H29N3O/c1-15-14(17-11-12-18-2)16-10-6-9-13-7-4-3-5-8-13/h13H,3-12H2,1-2H3,(H2,15,16,17). The van der Waals surface area contributed by atoms with Gasteiger partial charge in [0.1, 0.15) is 0 Å². The fraction of sp³-hybridized carbons (Fsp3) is 0.929. The van der Waals surface area contributed by atoms with Gasteiger partial charge in [-0.15, -0.1) is 0 Å². The summed E-state index contributed by atoms with van der Waals surface area (Å²) in [4.78, 5) is 4.18. The van der Waals surface area contributed by atoms with Gasteiger partial charge >= 0.3 is 0 Å². The Bertz CT molecular complexity index is 225. The van der Waals surface area contributed by atoms with E-state index in [4.69, 9.17) is 4.74 Å². The SMILES string of the molecule is CN=C(NCCCC1CCCCC1)NCCOC. The molecule has 0 heterocycles. The molecule has 4 nitrogen and oxygen atoms in total. The molecule has 0 aliphatic heterocycles. The lowest BCUT2D eigenvalue weighted by Gasteiger charge is -2.21. The van der Waals surface area contributed by atoms with Gasteiger partial charge in [-0.2, -0.15) is 0 Å². The highest BCUT2D eigenvalue weighted by Crippen LogP contribution is 2.26. The molecule has 0 aromatic heterocycles. The summed E-state index contributed by atoms with van der Waals surface area (Å²) in [5.74, 6) is 1.86. The zero-order valence-corrected chi connectivity index (χ0v) is 12.0. The fourth-order valence-corrected chi connectivity index (χ4v) is 2.57. The Balaban J connectivity index is 2.00. The van der Waals surface area contributed by atoms with Crippen molar-refractivity contribution in [1.82, 2.24) is 10.6 Å². The van der Waals surface area contributed by atoms with Crippen LogP contribution < -0.4 is 10.6 Å². The first-order valence-corrected chi connectivity index (χ1v) is 7.30. The van der Waals surface area contributed by atoms with Crippen LogP contribution >= 0.6 is 0 Å². The molecule has 4 heteroatoms. The van der Waals surface area contributed by atoms with Crippen molar-refractivity contribution < 1.29 is 4.74 Å². The fourth-order valence-electron chi connectivity index (χ4n) is 2.57. The van der Waals surface area contributed by atoms with E-state index in [0.717, 1.165) is 25.0 Å². The number of methoxy groups -OCH3 is 1. The molecule has 1 fully saturated rings. The minimum atomic E-state index is 0.711. The van der Waals surface area contributed by atoms with Gasteiger partial charge in [0.2, 0.25) is 0 Å². The summed E-state index contributed by atoms with van der Waals surface area (Å²) < 4.78 is 5.00. The largest absolute Gasteiger partial charge is 0.383 e. The van der Waals surface area contributed by atoms with E-state index < -0.39 is 0 Å².